The lowest BCUT2D eigenvalue weighted by atomic mass is 10.1. The molecule has 7 heteroatoms. The van der Waals surface area contributed by atoms with Gasteiger partial charge in [0, 0.05) is 5.54 Å². The summed E-state index contributed by atoms with van der Waals surface area (Å²) in [5.41, 5.74) is -0.222. The average Bonchev–Trinajstić information content (AvgIpc) is 2.85. The third kappa shape index (κ3) is 2.03. The monoisotopic (exact) mass is 236 g/mol. The second-order valence-corrected chi connectivity index (χ2v) is 4.59. The molecule has 0 amide bonds. The largest absolute Gasteiger partial charge is 0.433 e. The molecule has 2 rings (SSSR count). The molecule has 0 aromatic carbocycles. The van der Waals surface area contributed by atoms with Crippen molar-refractivity contribution in [3.63, 3.8) is 0 Å². The van der Waals surface area contributed by atoms with Crippen molar-refractivity contribution in [3.05, 3.63) is 28.6 Å². The zero-order valence-corrected chi connectivity index (χ0v) is 9.75. The number of nitrogens with zero attached hydrogens (tertiary/aromatic N) is 4. The van der Waals surface area contributed by atoms with E-state index in [4.69, 9.17) is 4.42 Å². The van der Waals surface area contributed by atoms with Crippen LogP contribution in [0.25, 0.3) is 11.6 Å². The van der Waals surface area contributed by atoms with Crippen LogP contribution in [0.4, 0.5) is 5.88 Å². The molecule has 0 fully saturated rings. The van der Waals surface area contributed by atoms with E-state index < -0.39 is 4.92 Å². The van der Waals surface area contributed by atoms with Gasteiger partial charge in [-0.25, -0.2) is 0 Å². The van der Waals surface area contributed by atoms with E-state index in [2.05, 4.69) is 10.2 Å². The van der Waals surface area contributed by atoms with Crippen LogP contribution in [0.2, 0.25) is 0 Å². The van der Waals surface area contributed by atoms with E-state index in [-0.39, 0.29) is 11.4 Å². The van der Waals surface area contributed by atoms with Gasteiger partial charge in [0.15, 0.2) is 11.6 Å². The maximum Gasteiger partial charge on any atom is 0.433 e. The molecule has 0 radical (unpaired) electrons. The first-order chi connectivity index (χ1) is 7.89. The molecule has 2 aromatic heterocycles. The summed E-state index contributed by atoms with van der Waals surface area (Å²) in [5.74, 6) is 0.512. The summed E-state index contributed by atoms with van der Waals surface area (Å²) in [4.78, 5) is 9.95. The topological polar surface area (TPSA) is 87.0 Å². The zero-order valence-electron chi connectivity index (χ0n) is 9.75. The highest BCUT2D eigenvalue weighted by Gasteiger charge is 2.22. The minimum absolute atomic E-state index is 0.222. The van der Waals surface area contributed by atoms with Gasteiger partial charge in [-0.2, -0.15) is 0 Å². The van der Waals surface area contributed by atoms with Crippen LogP contribution < -0.4 is 0 Å². The molecule has 0 aliphatic carbocycles. The maximum atomic E-state index is 10.5. The summed E-state index contributed by atoms with van der Waals surface area (Å²) in [7, 11) is 0. The Hall–Kier alpha value is -2.18. The number of rotatable bonds is 2. The van der Waals surface area contributed by atoms with Crippen molar-refractivity contribution in [2.75, 3.05) is 0 Å². The van der Waals surface area contributed by atoms with E-state index in [1.54, 1.807) is 10.9 Å². The molecule has 0 N–H and O–H groups in total. The minimum atomic E-state index is -0.582. The van der Waals surface area contributed by atoms with Gasteiger partial charge in [-0.15, -0.1) is 10.2 Å². The van der Waals surface area contributed by atoms with Gasteiger partial charge in [0.05, 0.1) is 6.07 Å². The quantitative estimate of drug-likeness (QED) is 0.589. The van der Waals surface area contributed by atoms with Gasteiger partial charge < -0.3 is 8.98 Å². The van der Waals surface area contributed by atoms with Gasteiger partial charge in [-0.3, -0.25) is 10.1 Å². The Morgan fingerprint density at radius 2 is 2.12 bits per heavy atom. The van der Waals surface area contributed by atoms with Crippen molar-refractivity contribution in [2.24, 2.45) is 0 Å². The standard InChI is InChI=1S/C10H12N4O3/c1-10(2,3)13-6-11-12-9(13)7-4-5-8(17-7)14(15)16/h4-6H,1-3H3. The third-order valence-electron chi connectivity index (χ3n) is 2.26. The Balaban J connectivity index is 2.47. The highest BCUT2D eigenvalue weighted by atomic mass is 16.6. The molecule has 0 aliphatic rings. The maximum absolute atomic E-state index is 10.5. The second-order valence-electron chi connectivity index (χ2n) is 4.59. The van der Waals surface area contributed by atoms with Crippen LogP contribution in [0.3, 0.4) is 0 Å². The van der Waals surface area contributed by atoms with E-state index in [9.17, 15) is 10.1 Å². The first-order valence-corrected chi connectivity index (χ1v) is 5.04. The second kappa shape index (κ2) is 3.69. The van der Waals surface area contributed by atoms with Crippen LogP contribution in [0.1, 0.15) is 20.8 Å². The minimum Gasteiger partial charge on any atom is -0.397 e. The molecule has 0 spiro atoms. The van der Waals surface area contributed by atoms with Crippen LogP contribution in [-0.2, 0) is 5.54 Å². The van der Waals surface area contributed by atoms with Crippen molar-refractivity contribution in [1.82, 2.24) is 14.8 Å². The molecule has 0 aliphatic heterocycles. The van der Waals surface area contributed by atoms with Crippen LogP contribution in [0.15, 0.2) is 22.9 Å². The molecule has 2 heterocycles. The Kier molecular flexibility index (Phi) is 2.45. The molecule has 0 unspecified atom stereocenters. The summed E-state index contributed by atoms with van der Waals surface area (Å²) in [6.07, 6.45) is 1.57. The molecule has 90 valence electrons. The number of aromatic nitrogens is 3. The molecule has 0 saturated heterocycles. The lowest BCUT2D eigenvalue weighted by Gasteiger charge is -2.21. The number of nitro groups is 1. The number of hydrogen-bond donors (Lipinski definition) is 0. The average molecular weight is 236 g/mol. The summed E-state index contributed by atoms with van der Waals surface area (Å²) in [6.45, 7) is 5.95. The summed E-state index contributed by atoms with van der Waals surface area (Å²) >= 11 is 0. The molecular weight excluding hydrogens is 224 g/mol. The van der Waals surface area contributed by atoms with Gasteiger partial charge in [-0.1, -0.05) is 0 Å². The van der Waals surface area contributed by atoms with Crippen molar-refractivity contribution < 1.29 is 9.34 Å². The molecule has 7 nitrogen and oxygen atoms in total. The number of furan rings is 1. The van der Waals surface area contributed by atoms with Gasteiger partial charge in [-0.05, 0) is 26.8 Å². The smallest absolute Gasteiger partial charge is 0.397 e. The Morgan fingerprint density at radius 1 is 1.41 bits per heavy atom. The molecular formula is C10H12N4O3. The third-order valence-corrected chi connectivity index (χ3v) is 2.26. The Bertz CT molecular complexity index is 550. The van der Waals surface area contributed by atoms with Crippen LogP contribution >= 0.6 is 0 Å². The fourth-order valence-corrected chi connectivity index (χ4v) is 1.44. The molecule has 0 atom stereocenters. The fraction of sp³-hybridized carbons (Fsp3) is 0.400. The van der Waals surface area contributed by atoms with Crippen LogP contribution in [0, 0.1) is 10.1 Å². The lowest BCUT2D eigenvalue weighted by Crippen LogP contribution is -2.21. The predicted octanol–water partition coefficient (Wildman–Crippen LogP) is 2.20. The fourth-order valence-electron chi connectivity index (χ4n) is 1.44. The zero-order chi connectivity index (χ0) is 12.6. The van der Waals surface area contributed by atoms with E-state index in [0.717, 1.165) is 0 Å². The first-order valence-electron chi connectivity index (χ1n) is 5.04. The molecule has 0 bridgehead atoms. The van der Waals surface area contributed by atoms with Crippen molar-refractivity contribution in [2.45, 2.75) is 26.3 Å². The first kappa shape index (κ1) is 11.3. The molecule has 2 aromatic rings. The highest BCUT2D eigenvalue weighted by Crippen LogP contribution is 2.27. The van der Waals surface area contributed by atoms with Gasteiger partial charge in [0.1, 0.15) is 11.3 Å². The summed E-state index contributed by atoms with van der Waals surface area (Å²) in [5, 5.41) is 18.3. The van der Waals surface area contributed by atoms with E-state index in [0.29, 0.717) is 11.6 Å². The normalized spacial score (nSPS) is 11.7. The lowest BCUT2D eigenvalue weighted by molar-refractivity contribution is -0.401. The van der Waals surface area contributed by atoms with Gasteiger partial charge in [0.25, 0.3) is 0 Å². The van der Waals surface area contributed by atoms with E-state index in [1.165, 1.54) is 12.1 Å². The number of hydrogen-bond acceptors (Lipinski definition) is 5. The van der Waals surface area contributed by atoms with Crippen molar-refractivity contribution >= 4 is 5.88 Å². The summed E-state index contributed by atoms with van der Waals surface area (Å²) < 4.78 is 6.90. The van der Waals surface area contributed by atoms with Crippen LogP contribution in [0.5, 0.6) is 0 Å². The van der Waals surface area contributed by atoms with Crippen LogP contribution in [-0.4, -0.2) is 19.7 Å². The summed E-state index contributed by atoms with van der Waals surface area (Å²) in [6, 6.07) is 2.82. The van der Waals surface area contributed by atoms with E-state index in [1.807, 2.05) is 20.8 Å². The molecule has 0 saturated carbocycles. The Morgan fingerprint density at radius 3 is 2.65 bits per heavy atom. The SMILES string of the molecule is CC(C)(C)n1cnnc1-c1ccc([N+](=O)[O-])o1. The van der Waals surface area contributed by atoms with E-state index >= 15 is 0 Å². The molecule has 17 heavy (non-hydrogen) atoms. The highest BCUT2D eigenvalue weighted by molar-refractivity contribution is 5.49. The van der Waals surface area contributed by atoms with Crippen molar-refractivity contribution in [3.8, 4) is 11.6 Å². The van der Waals surface area contributed by atoms with Gasteiger partial charge in [0.2, 0.25) is 0 Å². The van der Waals surface area contributed by atoms with Crippen molar-refractivity contribution in [1.29, 1.82) is 0 Å². The van der Waals surface area contributed by atoms with Gasteiger partial charge >= 0.3 is 5.88 Å². The predicted molar refractivity (Wildman–Crippen MR) is 59.4 cm³/mol. The Labute approximate surface area is 97.2 Å².